The van der Waals surface area contributed by atoms with Gasteiger partial charge in [-0.05, 0) is 50.3 Å². The molecule has 6 heterocycles. The van der Waals surface area contributed by atoms with Crippen LogP contribution in [0.5, 0.6) is 0 Å². The maximum atomic E-state index is 14.4. The number of carbonyl (C=O) groups is 2. The van der Waals surface area contributed by atoms with Crippen LogP contribution in [-0.4, -0.2) is 74.4 Å². The van der Waals surface area contributed by atoms with Crippen LogP contribution >= 0.6 is 0 Å². The fraction of sp³-hybridized carbons (Fsp3) is 0.364. The number of pyridine rings is 1. The Hall–Kier alpha value is -5.00. The first kappa shape index (κ1) is 28.8. The predicted octanol–water partition coefficient (Wildman–Crippen LogP) is 4.63. The molecule has 7 rings (SSSR count). The zero-order valence-electron chi connectivity index (χ0n) is 25.3. The fourth-order valence-electron chi connectivity index (χ4n) is 7.53. The summed E-state index contributed by atoms with van der Waals surface area (Å²) in [4.78, 5) is 43.0. The van der Waals surface area contributed by atoms with Crippen molar-refractivity contribution in [3.05, 3.63) is 65.9 Å². The summed E-state index contributed by atoms with van der Waals surface area (Å²) < 4.78 is 16.1. The van der Waals surface area contributed by atoms with Crippen LogP contribution in [0.4, 0.5) is 10.2 Å². The molecule has 0 aliphatic carbocycles. The van der Waals surface area contributed by atoms with E-state index in [4.69, 9.17) is 4.98 Å². The second kappa shape index (κ2) is 11.2. The number of Topliss-reactive ketones (excluding diaryl/α,β-unsaturated/α-hetero) is 1. The average Bonchev–Trinajstić information content (AvgIpc) is 3.61. The van der Waals surface area contributed by atoms with E-state index in [1.807, 2.05) is 11.0 Å². The minimum Gasteiger partial charge on any atom is -0.369 e. The number of benzene rings is 1. The molecule has 3 aliphatic heterocycles. The molecule has 0 spiro atoms. The lowest BCUT2D eigenvalue weighted by Gasteiger charge is -2.47. The van der Waals surface area contributed by atoms with Gasteiger partial charge in [0.2, 0.25) is 5.84 Å². The van der Waals surface area contributed by atoms with Crippen molar-refractivity contribution in [2.75, 3.05) is 18.9 Å². The van der Waals surface area contributed by atoms with Crippen LogP contribution in [0, 0.1) is 5.82 Å². The Morgan fingerprint density at radius 3 is 2.60 bits per heavy atom. The molecule has 2 saturated heterocycles. The van der Waals surface area contributed by atoms with Crippen LogP contribution in [0.3, 0.4) is 0 Å². The van der Waals surface area contributed by atoms with Gasteiger partial charge in [-0.2, -0.15) is 14.7 Å². The van der Waals surface area contributed by atoms with E-state index in [0.717, 1.165) is 36.1 Å². The summed E-state index contributed by atoms with van der Waals surface area (Å²) in [5.74, 6) is 0.339. The van der Waals surface area contributed by atoms with Crippen molar-refractivity contribution in [1.29, 1.82) is 0 Å². The highest BCUT2D eigenvalue weighted by molar-refractivity contribution is 6.37. The number of nitrogens with one attached hydrogen (secondary N) is 2. The van der Waals surface area contributed by atoms with Crippen molar-refractivity contribution >= 4 is 35.7 Å². The predicted molar refractivity (Wildman–Crippen MR) is 170 cm³/mol. The number of piperidine rings is 1. The van der Waals surface area contributed by atoms with Gasteiger partial charge in [0.25, 0.3) is 5.91 Å². The van der Waals surface area contributed by atoms with E-state index in [1.165, 1.54) is 6.07 Å². The number of ketones is 1. The van der Waals surface area contributed by atoms with E-state index in [9.17, 15) is 14.0 Å². The molecule has 2 unspecified atom stereocenters. The molecular formula is C33H34FN9O2. The molecule has 45 heavy (non-hydrogen) atoms. The standard InChI is InChI=1S/C33H34FN9O2/c1-4-33(15-20-10-11-21(16-33)42(20)32(45)29(35-2)41-36-3)28-27-26(44)13-14-37-31(27)43-30(40-28)23(18-39-43)19-9-12-25(38-17-19)22-7-5-6-8-24(22)34/h5-9,12,17-18,20-21,37H,3-4,10-11,13-16H2,1-2H3,(H,35,41). The third kappa shape index (κ3) is 4.58. The number of hydrogen-bond donors (Lipinski definition) is 2. The van der Waals surface area contributed by atoms with Crippen molar-refractivity contribution in [3.8, 4) is 22.4 Å². The number of rotatable bonds is 5. The van der Waals surface area contributed by atoms with Gasteiger partial charge in [-0.3, -0.25) is 25.0 Å². The van der Waals surface area contributed by atoms with E-state index in [-0.39, 0.29) is 35.4 Å². The number of halogens is 1. The zero-order valence-corrected chi connectivity index (χ0v) is 25.3. The summed E-state index contributed by atoms with van der Waals surface area (Å²) in [6, 6.07) is 10.2. The van der Waals surface area contributed by atoms with Gasteiger partial charge in [0.05, 0.1) is 23.1 Å². The number of anilines is 1. The molecule has 2 N–H and O–H groups in total. The lowest BCUT2D eigenvalue weighted by atomic mass is 9.68. The average molecular weight is 608 g/mol. The second-order valence-electron chi connectivity index (χ2n) is 12.0. The minimum absolute atomic E-state index is 0.0283. The number of amides is 1. The third-order valence-electron chi connectivity index (χ3n) is 9.69. The number of hydrogen-bond acceptors (Lipinski definition) is 8. The summed E-state index contributed by atoms with van der Waals surface area (Å²) in [6.45, 7) is 6.09. The molecule has 4 aromatic rings. The van der Waals surface area contributed by atoms with Crippen molar-refractivity contribution in [3.63, 3.8) is 0 Å². The molecule has 2 atom stereocenters. The molecule has 3 aliphatic rings. The molecule has 12 heteroatoms. The van der Waals surface area contributed by atoms with Gasteiger partial charge in [0.1, 0.15) is 11.6 Å². The van der Waals surface area contributed by atoms with Gasteiger partial charge in [-0.1, -0.05) is 25.1 Å². The molecule has 11 nitrogen and oxygen atoms in total. The number of fused-ring (bicyclic) bond motifs is 5. The molecule has 1 amide bonds. The molecule has 230 valence electrons. The number of hydrazone groups is 1. The first-order chi connectivity index (χ1) is 21.9. The van der Waals surface area contributed by atoms with Crippen molar-refractivity contribution in [2.24, 2.45) is 10.1 Å². The smallest absolute Gasteiger partial charge is 0.291 e. The highest BCUT2D eigenvalue weighted by Gasteiger charge is 2.52. The highest BCUT2D eigenvalue weighted by Crippen LogP contribution is 2.51. The lowest BCUT2D eigenvalue weighted by molar-refractivity contribution is -0.129. The van der Waals surface area contributed by atoms with Gasteiger partial charge in [-0.15, -0.1) is 0 Å². The van der Waals surface area contributed by atoms with Crippen LogP contribution in [0.15, 0.2) is 58.9 Å². The highest BCUT2D eigenvalue weighted by atomic mass is 19.1. The van der Waals surface area contributed by atoms with Crippen molar-refractivity contribution in [2.45, 2.75) is 62.9 Å². The Morgan fingerprint density at radius 2 is 1.93 bits per heavy atom. The first-order valence-corrected chi connectivity index (χ1v) is 15.3. The second-order valence-corrected chi connectivity index (χ2v) is 12.0. The molecule has 2 bridgehead atoms. The van der Waals surface area contributed by atoms with Crippen LogP contribution in [-0.2, 0) is 10.2 Å². The van der Waals surface area contributed by atoms with Crippen LogP contribution < -0.4 is 10.7 Å². The first-order valence-electron chi connectivity index (χ1n) is 15.3. The third-order valence-corrected chi connectivity index (χ3v) is 9.69. The Bertz CT molecular complexity index is 1850. The summed E-state index contributed by atoms with van der Waals surface area (Å²) in [5.41, 5.74) is 6.69. The Labute approximate surface area is 259 Å². The van der Waals surface area contributed by atoms with Gasteiger partial charge >= 0.3 is 0 Å². The summed E-state index contributed by atoms with van der Waals surface area (Å²) in [6.07, 6.45) is 7.66. The van der Waals surface area contributed by atoms with E-state index in [1.54, 1.807) is 48.2 Å². The fourth-order valence-corrected chi connectivity index (χ4v) is 7.53. The van der Waals surface area contributed by atoms with Gasteiger partial charge in [0.15, 0.2) is 11.4 Å². The normalized spacial score (nSPS) is 22.7. The quantitative estimate of drug-likeness (QED) is 0.192. The number of amidine groups is 1. The van der Waals surface area contributed by atoms with Gasteiger partial charge in [0, 0.05) is 67.1 Å². The maximum Gasteiger partial charge on any atom is 0.291 e. The van der Waals surface area contributed by atoms with Crippen molar-refractivity contribution in [1.82, 2.24) is 29.9 Å². The SMILES string of the molecule is C=NNC(=NC)C(=O)N1C2CCC1CC(CC)(c1nc3c(-c4ccc(-c5ccccc5F)nc4)cnn3c3c1C(=O)CCN3)C2. The summed E-state index contributed by atoms with van der Waals surface area (Å²) >= 11 is 0. The number of aromatic nitrogens is 4. The van der Waals surface area contributed by atoms with E-state index in [2.05, 4.69) is 44.6 Å². The summed E-state index contributed by atoms with van der Waals surface area (Å²) in [7, 11) is 1.56. The van der Waals surface area contributed by atoms with Crippen LogP contribution in [0.25, 0.3) is 28.0 Å². The van der Waals surface area contributed by atoms with E-state index < -0.39 is 5.41 Å². The minimum atomic E-state index is -0.425. The maximum absolute atomic E-state index is 14.4. The van der Waals surface area contributed by atoms with Gasteiger partial charge in [-0.25, -0.2) is 9.37 Å². The topological polar surface area (TPSA) is 129 Å². The molecule has 2 fully saturated rings. The molecule has 3 aromatic heterocycles. The Morgan fingerprint density at radius 1 is 1.16 bits per heavy atom. The van der Waals surface area contributed by atoms with Crippen molar-refractivity contribution < 1.29 is 14.0 Å². The number of nitrogens with zero attached hydrogens (tertiary/aromatic N) is 7. The number of aliphatic imine (C=N–C) groups is 1. The molecular weight excluding hydrogens is 573 g/mol. The Balaban J connectivity index is 1.32. The Kier molecular flexibility index (Phi) is 7.14. The summed E-state index contributed by atoms with van der Waals surface area (Å²) in [5, 5.41) is 11.8. The van der Waals surface area contributed by atoms with Crippen LogP contribution in [0.1, 0.15) is 61.5 Å². The number of carbonyl (C=O) groups excluding carboxylic acids is 2. The lowest BCUT2D eigenvalue weighted by Crippen LogP contribution is -2.55. The zero-order chi connectivity index (χ0) is 31.3. The van der Waals surface area contributed by atoms with Crippen LogP contribution in [0.2, 0.25) is 0 Å². The molecule has 0 radical (unpaired) electrons. The van der Waals surface area contributed by atoms with E-state index >= 15 is 0 Å². The monoisotopic (exact) mass is 607 g/mol. The van der Waals surface area contributed by atoms with Gasteiger partial charge < -0.3 is 10.2 Å². The van der Waals surface area contributed by atoms with E-state index in [0.29, 0.717) is 54.1 Å². The largest absolute Gasteiger partial charge is 0.369 e. The molecule has 0 saturated carbocycles. The molecule has 1 aromatic carbocycles.